The topological polar surface area (TPSA) is 40.5 Å². The van der Waals surface area contributed by atoms with Crippen LogP contribution in [0.3, 0.4) is 0 Å². The van der Waals surface area contributed by atoms with E-state index in [-0.39, 0.29) is 0 Å². The van der Waals surface area contributed by atoms with Gasteiger partial charge in [-0.3, -0.25) is 0 Å². The first-order valence-electron chi connectivity index (χ1n) is 7.21. The third kappa shape index (κ3) is 7.33. The Morgan fingerprint density at radius 3 is 1.72 bits per heavy atom. The molecule has 0 heterocycles. The Balaban J connectivity index is 1.91. The van der Waals surface area contributed by atoms with E-state index < -0.39 is 0 Å². The van der Waals surface area contributed by atoms with E-state index >= 15 is 0 Å². The van der Waals surface area contributed by atoms with Crippen molar-refractivity contribution in [1.29, 1.82) is 0 Å². The van der Waals surface area contributed by atoms with Gasteiger partial charge in [0.25, 0.3) is 0 Å². The third-order valence-electron chi connectivity index (χ3n) is 3.31. The zero-order valence-electron chi connectivity index (χ0n) is 11.3. The Kier molecular flexibility index (Phi) is 8.32. The smallest absolute Gasteiger partial charge is 0.115 e. The van der Waals surface area contributed by atoms with Gasteiger partial charge in [0.15, 0.2) is 0 Å². The molecule has 0 aliphatic carbocycles. The van der Waals surface area contributed by atoms with Crippen molar-refractivity contribution in [2.24, 2.45) is 0 Å². The van der Waals surface area contributed by atoms with E-state index in [4.69, 9.17) is 5.11 Å². The van der Waals surface area contributed by atoms with Crippen LogP contribution >= 0.6 is 0 Å². The van der Waals surface area contributed by atoms with Gasteiger partial charge in [-0.15, -0.1) is 0 Å². The molecule has 1 aromatic carbocycles. The minimum Gasteiger partial charge on any atom is -0.508 e. The average Bonchev–Trinajstić information content (AvgIpc) is 2.39. The maximum absolute atomic E-state index is 9.17. The molecular weight excluding hydrogens is 224 g/mol. The molecule has 0 spiro atoms. The van der Waals surface area contributed by atoms with Gasteiger partial charge in [0.1, 0.15) is 5.75 Å². The lowest BCUT2D eigenvalue weighted by molar-refractivity contribution is 0.282. The van der Waals surface area contributed by atoms with Gasteiger partial charge in [-0.05, 0) is 37.0 Å². The van der Waals surface area contributed by atoms with Crippen molar-refractivity contribution in [3.05, 3.63) is 29.8 Å². The van der Waals surface area contributed by atoms with Gasteiger partial charge in [-0.1, -0.05) is 50.7 Å². The van der Waals surface area contributed by atoms with E-state index in [1.165, 1.54) is 50.5 Å². The maximum atomic E-state index is 9.17. The largest absolute Gasteiger partial charge is 0.508 e. The first kappa shape index (κ1) is 15.0. The molecule has 1 rings (SSSR count). The number of aryl methyl sites for hydroxylation is 1. The van der Waals surface area contributed by atoms with Crippen LogP contribution in [0.5, 0.6) is 5.75 Å². The molecule has 0 aromatic heterocycles. The second kappa shape index (κ2) is 9.95. The minimum atomic E-state index is 0.340. The average molecular weight is 250 g/mol. The van der Waals surface area contributed by atoms with Gasteiger partial charge in [0.2, 0.25) is 0 Å². The number of rotatable bonds is 10. The Morgan fingerprint density at radius 2 is 1.17 bits per heavy atom. The first-order valence-corrected chi connectivity index (χ1v) is 7.21. The SMILES string of the molecule is OCCCCCCCCCCc1ccc(O)cc1. The van der Waals surface area contributed by atoms with Crippen LogP contribution in [-0.4, -0.2) is 16.8 Å². The van der Waals surface area contributed by atoms with Crippen molar-refractivity contribution in [3.8, 4) is 5.75 Å². The number of hydrogen-bond donors (Lipinski definition) is 2. The second-order valence-electron chi connectivity index (χ2n) is 4.97. The number of hydrogen-bond acceptors (Lipinski definition) is 2. The van der Waals surface area contributed by atoms with Gasteiger partial charge >= 0.3 is 0 Å². The number of aromatic hydroxyl groups is 1. The molecule has 2 heteroatoms. The highest BCUT2D eigenvalue weighted by Gasteiger charge is 1.95. The highest BCUT2D eigenvalue weighted by atomic mass is 16.3. The summed E-state index contributed by atoms with van der Waals surface area (Å²) in [6.07, 6.45) is 11.0. The van der Waals surface area contributed by atoms with Crippen LogP contribution in [-0.2, 0) is 6.42 Å². The lowest BCUT2D eigenvalue weighted by Crippen LogP contribution is -1.87. The lowest BCUT2D eigenvalue weighted by Gasteiger charge is -2.03. The molecule has 2 nitrogen and oxygen atoms in total. The van der Waals surface area contributed by atoms with E-state index in [0.717, 1.165) is 12.8 Å². The molecule has 0 aliphatic heterocycles. The van der Waals surface area contributed by atoms with Crippen molar-refractivity contribution >= 4 is 0 Å². The zero-order chi connectivity index (χ0) is 13.1. The van der Waals surface area contributed by atoms with Gasteiger partial charge < -0.3 is 10.2 Å². The summed E-state index contributed by atoms with van der Waals surface area (Å²) < 4.78 is 0. The van der Waals surface area contributed by atoms with E-state index in [1.54, 1.807) is 12.1 Å². The van der Waals surface area contributed by atoms with Crippen LogP contribution in [0.1, 0.15) is 56.9 Å². The van der Waals surface area contributed by atoms with Crippen LogP contribution in [0.2, 0.25) is 0 Å². The molecule has 0 saturated heterocycles. The van der Waals surface area contributed by atoms with E-state index in [0.29, 0.717) is 12.4 Å². The van der Waals surface area contributed by atoms with E-state index in [1.807, 2.05) is 12.1 Å². The fraction of sp³-hybridized carbons (Fsp3) is 0.625. The predicted molar refractivity (Wildman–Crippen MR) is 75.8 cm³/mol. The molecule has 102 valence electrons. The number of benzene rings is 1. The van der Waals surface area contributed by atoms with Crippen molar-refractivity contribution in [2.45, 2.75) is 57.8 Å². The Hall–Kier alpha value is -1.02. The van der Waals surface area contributed by atoms with Crippen LogP contribution in [0, 0.1) is 0 Å². The minimum absolute atomic E-state index is 0.340. The Labute approximate surface area is 111 Å². The van der Waals surface area contributed by atoms with Crippen molar-refractivity contribution in [2.75, 3.05) is 6.61 Å². The quantitative estimate of drug-likeness (QED) is 0.615. The number of phenols is 1. The second-order valence-corrected chi connectivity index (χ2v) is 4.97. The molecule has 0 radical (unpaired) electrons. The Bertz CT molecular complexity index is 292. The van der Waals surface area contributed by atoms with Crippen molar-refractivity contribution < 1.29 is 10.2 Å². The monoisotopic (exact) mass is 250 g/mol. The van der Waals surface area contributed by atoms with Gasteiger partial charge in [-0.2, -0.15) is 0 Å². The summed E-state index contributed by atoms with van der Waals surface area (Å²) >= 11 is 0. The van der Waals surface area contributed by atoms with Gasteiger partial charge in [-0.25, -0.2) is 0 Å². The summed E-state index contributed by atoms with van der Waals surface area (Å²) in [5.74, 6) is 0.349. The number of unbranched alkanes of at least 4 members (excludes halogenated alkanes) is 7. The highest BCUT2D eigenvalue weighted by molar-refractivity contribution is 5.25. The number of aliphatic hydroxyl groups is 1. The molecule has 0 bridgehead atoms. The van der Waals surface area contributed by atoms with E-state index in [2.05, 4.69) is 0 Å². The first-order chi connectivity index (χ1) is 8.83. The molecule has 0 atom stereocenters. The molecule has 1 aromatic rings. The fourth-order valence-corrected chi connectivity index (χ4v) is 2.16. The van der Waals surface area contributed by atoms with Crippen LogP contribution < -0.4 is 0 Å². The molecule has 2 N–H and O–H groups in total. The van der Waals surface area contributed by atoms with Gasteiger partial charge in [0.05, 0.1) is 0 Å². The standard InChI is InChI=1S/C16H26O2/c17-14-8-6-4-2-1-3-5-7-9-15-10-12-16(18)13-11-15/h10-13,17-18H,1-9,14H2. The summed E-state index contributed by atoms with van der Waals surface area (Å²) in [5.41, 5.74) is 1.32. The van der Waals surface area contributed by atoms with Crippen LogP contribution in [0.15, 0.2) is 24.3 Å². The zero-order valence-corrected chi connectivity index (χ0v) is 11.3. The van der Waals surface area contributed by atoms with Crippen molar-refractivity contribution in [3.63, 3.8) is 0 Å². The Morgan fingerprint density at radius 1 is 0.667 bits per heavy atom. The summed E-state index contributed by atoms with van der Waals surface area (Å²) in [6.45, 7) is 0.340. The number of phenolic OH excluding ortho intramolecular Hbond substituents is 1. The number of aliphatic hydroxyl groups excluding tert-OH is 1. The molecule has 0 saturated carbocycles. The van der Waals surface area contributed by atoms with Gasteiger partial charge in [0, 0.05) is 6.61 Å². The van der Waals surface area contributed by atoms with Crippen molar-refractivity contribution in [1.82, 2.24) is 0 Å². The van der Waals surface area contributed by atoms with Crippen LogP contribution in [0.4, 0.5) is 0 Å². The summed E-state index contributed by atoms with van der Waals surface area (Å²) in [5, 5.41) is 17.8. The van der Waals surface area contributed by atoms with Crippen LogP contribution in [0.25, 0.3) is 0 Å². The molecular formula is C16H26O2. The summed E-state index contributed by atoms with van der Waals surface area (Å²) in [4.78, 5) is 0. The predicted octanol–water partition coefficient (Wildman–Crippen LogP) is 4.05. The molecule has 0 unspecified atom stereocenters. The van der Waals surface area contributed by atoms with E-state index in [9.17, 15) is 5.11 Å². The fourth-order valence-electron chi connectivity index (χ4n) is 2.16. The summed E-state index contributed by atoms with van der Waals surface area (Å²) in [7, 11) is 0. The lowest BCUT2D eigenvalue weighted by atomic mass is 10.0. The molecule has 0 amide bonds. The molecule has 0 aliphatic rings. The molecule has 18 heavy (non-hydrogen) atoms. The highest BCUT2D eigenvalue weighted by Crippen LogP contribution is 2.14. The maximum Gasteiger partial charge on any atom is 0.115 e. The third-order valence-corrected chi connectivity index (χ3v) is 3.31. The normalized spacial score (nSPS) is 10.7. The summed E-state index contributed by atoms with van der Waals surface area (Å²) in [6, 6.07) is 7.53. The molecule has 0 fully saturated rings.